The molecule has 0 unspecified atom stereocenters. The summed E-state index contributed by atoms with van der Waals surface area (Å²) in [4.78, 5) is 28.1. The number of hydrogen-bond donors (Lipinski definition) is 1. The summed E-state index contributed by atoms with van der Waals surface area (Å²) < 4.78 is 0. The predicted molar refractivity (Wildman–Crippen MR) is 122 cm³/mol. The van der Waals surface area contributed by atoms with Crippen molar-refractivity contribution < 1.29 is 9.59 Å². The Balaban J connectivity index is 1.86. The molecule has 1 heterocycles. The van der Waals surface area contributed by atoms with Crippen LogP contribution in [0.5, 0.6) is 0 Å². The van der Waals surface area contributed by atoms with Gasteiger partial charge < -0.3 is 5.32 Å². The molecule has 0 aromatic heterocycles. The molecule has 0 bridgehead atoms. The van der Waals surface area contributed by atoms with Crippen molar-refractivity contribution in [3.05, 3.63) is 99.7 Å². The second kappa shape index (κ2) is 7.81. The molecule has 1 N–H and O–H groups in total. The van der Waals surface area contributed by atoms with E-state index >= 15 is 0 Å². The minimum atomic E-state index is -0.388. The Morgan fingerprint density at radius 1 is 0.800 bits per heavy atom. The maximum absolute atomic E-state index is 13.4. The fourth-order valence-electron chi connectivity index (χ4n) is 3.51. The predicted octanol–water partition coefficient (Wildman–Crippen LogP) is 5.66. The van der Waals surface area contributed by atoms with Crippen LogP contribution >= 0.6 is 11.6 Å². The molecule has 1 aliphatic rings. The van der Waals surface area contributed by atoms with E-state index in [1.165, 1.54) is 4.90 Å². The number of hydrogen-bond acceptors (Lipinski definition) is 3. The fraction of sp³-hybridized carbons (Fsp3) is 0.120. The highest BCUT2D eigenvalue weighted by molar-refractivity contribution is 6.46. The summed E-state index contributed by atoms with van der Waals surface area (Å²) in [6.45, 7) is 5.78. The summed E-state index contributed by atoms with van der Waals surface area (Å²) in [5, 5.41) is 3.78. The molecule has 0 aliphatic carbocycles. The van der Waals surface area contributed by atoms with Gasteiger partial charge in [-0.15, -0.1) is 0 Å². The van der Waals surface area contributed by atoms with Gasteiger partial charge in [0.15, 0.2) is 0 Å². The molecule has 1 aliphatic heterocycles. The highest BCUT2D eigenvalue weighted by atomic mass is 35.5. The number of amides is 2. The zero-order chi connectivity index (χ0) is 21.4. The smallest absolute Gasteiger partial charge is 0.282 e. The second-order valence-corrected chi connectivity index (χ2v) is 7.85. The third-order valence-corrected chi connectivity index (χ3v) is 5.62. The van der Waals surface area contributed by atoms with Crippen molar-refractivity contribution in [2.75, 3.05) is 10.2 Å². The average molecular weight is 417 g/mol. The first-order valence-corrected chi connectivity index (χ1v) is 10.0. The minimum absolute atomic E-state index is 0.246. The highest BCUT2D eigenvalue weighted by Crippen LogP contribution is 2.35. The lowest BCUT2D eigenvalue weighted by molar-refractivity contribution is -0.120. The molecule has 0 spiro atoms. The van der Waals surface area contributed by atoms with Crippen LogP contribution in [0.4, 0.5) is 11.4 Å². The lowest BCUT2D eigenvalue weighted by Crippen LogP contribution is -2.32. The number of aryl methyl sites for hydroxylation is 2. The first-order chi connectivity index (χ1) is 14.4. The number of imide groups is 1. The summed E-state index contributed by atoms with van der Waals surface area (Å²) in [5.41, 5.74) is 5.38. The zero-order valence-corrected chi connectivity index (χ0v) is 17.7. The molecule has 0 saturated heterocycles. The van der Waals surface area contributed by atoms with Crippen molar-refractivity contribution in [2.24, 2.45) is 0 Å². The Hall–Kier alpha value is -3.37. The molecule has 4 rings (SSSR count). The van der Waals surface area contributed by atoms with E-state index < -0.39 is 0 Å². The van der Waals surface area contributed by atoms with Crippen LogP contribution in [0.25, 0.3) is 5.57 Å². The van der Waals surface area contributed by atoms with Gasteiger partial charge in [-0.25, -0.2) is 4.90 Å². The van der Waals surface area contributed by atoms with Gasteiger partial charge in [-0.2, -0.15) is 0 Å². The van der Waals surface area contributed by atoms with Crippen molar-refractivity contribution in [3.63, 3.8) is 0 Å². The van der Waals surface area contributed by atoms with E-state index in [0.29, 0.717) is 27.5 Å². The average Bonchev–Trinajstić information content (AvgIpc) is 2.96. The largest absolute Gasteiger partial charge is 0.350 e. The number of carbonyl (C=O) groups is 2. The summed E-state index contributed by atoms with van der Waals surface area (Å²) in [6.07, 6.45) is 0. The lowest BCUT2D eigenvalue weighted by Gasteiger charge is -2.16. The number of halogens is 1. The number of nitrogens with one attached hydrogen (secondary N) is 1. The molecule has 30 heavy (non-hydrogen) atoms. The van der Waals surface area contributed by atoms with Crippen LogP contribution in [0.1, 0.15) is 22.3 Å². The van der Waals surface area contributed by atoms with Crippen molar-refractivity contribution in [1.29, 1.82) is 0 Å². The normalized spacial score (nSPS) is 13.9. The summed E-state index contributed by atoms with van der Waals surface area (Å²) in [6, 6.07) is 20.4. The number of carbonyl (C=O) groups excluding carboxylic acids is 2. The SMILES string of the molecule is Cc1ccc(C2=C(Nc3cccc(Cl)c3C)C(=O)N(c3cccc(C)c3)C2=O)cc1. The first-order valence-electron chi connectivity index (χ1n) is 9.65. The van der Waals surface area contributed by atoms with Gasteiger partial charge in [0.1, 0.15) is 5.70 Å². The van der Waals surface area contributed by atoms with Crippen molar-refractivity contribution in [2.45, 2.75) is 20.8 Å². The molecule has 0 atom stereocenters. The van der Waals surface area contributed by atoms with Crippen LogP contribution in [0.2, 0.25) is 5.02 Å². The van der Waals surface area contributed by atoms with Crippen LogP contribution in [-0.2, 0) is 9.59 Å². The van der Waals surface area contributed by atoms with Crippen molar-refractivity contribution >= 4 is 40.4 Å². The van der Waals surface area contributed by atoms with Crippen molar-refractivity contribution in [1.82, 2.24) is 0 Å². The summed E-state index contributed by atoms with van der Waals surface area (Å²) >= 11 is 6.26. The topological polar surface area (TPSA) is 49.4 Å². The van der Waals surface area contributed by atoms with Crippen LogP contribution in [-0.4, -0.2) is 11.8 Å². The van der Waals surface area contributed by atoms with Gasteiger partial charge in [-0.05, 0) is 61.7 Å². The first kappa shape index (κ1) is 19.9. The third kappa shape index (κ3) is 3.51. The maximum atomic E-state index is 13.4. The minimum Gasteiger partial charge on any atom is -0.350 e. The zero-order valence-electron chi connectivity index (χ0n) is 17.0. The molecule has 4 nitrogen and oxygen atoms in total. The Kier molecular flexibility index (Phi) is 5.18. The molecule has 3 aromatic rings. The summed E-state index contributed by atoms with van der Waals surface area (Å²) in [7, 11) is 0. The molecule has 5 heteroatoms. The van der Waals surface area contributed by atoms with Gasteiger partial charge in [0, 0.05) is 10.7 Å². The Morgan fingerprint density at radius 3 is 2.20 bits per heavy atom. The van der Waals surface area contributed by atoms with Crippen LogP contribution in [0, 0.1) is 20.8 Å². The number of benzene rings is 3. The van der Waals surface area contributed by atoms with Gasteiger partial charge in [-0.3, -0.25) is 9.59 Å². The standard InChI is InChI=1S/C25H21ClN2O2/c1-15-10-12-18(13-11-15)22-23(27-21-9-5-8-20(26)17(21)3)25(30)28(24(22)29)19-7-4-6-16(2)14-19/h4-14,27H,1-3H3. The number of anilines is 2. The molecule has 3 aromatic carbocycles. The number of nitrogens with zero attached hydrogens (tertiary/aromatic N) is 1. The van der Waals surface area contributed by atoms with E-state index in [0.717, 1.165) is 16.7 Å². The van der Waals surface area contributed by atoms with E-state index in [-0.39, 0.29) is 17.5 Å². The monoisotopic (exact) mass is 416 g/mol. The Bertz CT molecular complexity index is 1200. The molecule has 0 saturated carbocycles. The van der Waals surface area contributed by atoms with E-state index in [1.807, 2.05) is 75.4 Å². The van der Waals surface area contributed by atoms with Gasteiger partial charge in [0.25, 0.3) is 11.8 Å². The van der Waals surface area contributed by atoms with Crippen LogP contribution in [0.15, 0.2) is 72.4 Å². The fourth-order valence-corrected chi connectivity index (χ4v) is 3.69. The van der Waals surface area contributed by atoms with Gasteiger partial charge in [-0.1, -0.05) is 59.6 Å². The molecule has 0 radical (unpaired) electrons. The van der Waals surface area contributed by atoms with E-state index in [2.05, 4.69) is 5.32 Å². The van der Waals surface area contributed by atoms with E-state index in [1.54, 1.807) is 12.1 Å². The van der Waals surface area contributed by atoms with Gasteiger partial charge in [0.2, 0.25) is 0 Å². The van der Waals surface area contributed by atoms with E-state index in [4.69, 9.17) is 11.6 Å². The maximum Gasteiger partial charge on any atom is 0.282 e. The van der Waals surface area contributed by atoms with Gasteiger partial charge in [0.05, 0.1) is 11.3 Å². The van der Waals surface area contributed by atoms with Crippen molar-refractivity contribution in [3.8, 4) is 0 Å². The summed E-state index contributed by atoms with van der Waals surface area (Å²) in [5.74, 6) is -0.739. The third-order valence-electron chi connectivity index (χ3n) is 5.21. The Morgan fingerprint density at radius 2 is 1.50 bits per heavy atom. The molecule has 2 amide bonds. The van der Waals surface area contributed by atoms with E-state index in [9.17, 15) is 9.59 Å². The van der Waals surface area contributed by atoms with Gasteiger partial charge >= 0.3 is 0 Å². The lowest BCUT2D eigenvalue weighted by atomic mass is 10.0. The molecular formula is C25H21ClN2O2. The quantitative estimate of drug-likeness (QED) is 0.558. The molecule has 150 valence electrons. The Labute approximate surface area is 180 Å². The van der Waals surface area contributed by atoms with Crippen LogP contribution in [0.3, 0.4) is 0 Å². The van der Waals surface area contributed by atoms with Crippen LogP contribution < -0.4 is 10.2 Å². The second-order valence-electron chi connectivity index (χ2n) is 7.44. The molecule has 0 fully saturated rings. The number of rotatable bonds is 4. The highest BCUT2D eigenvalue weighted by Gasteiger charge is 2.40. The molecular weight excluding hydrogens is 396 g/mol.